The average molecular weight is 277 g/mol. The third-order valence-electron chi connectivity index (χ3n) is 5.28. The van der Waals surface area contributed by atoms with Crippen LogP contribution in [-0.4, -0.2) is 29.3 Å². The first-order valence-electron chi connectivity index (χ1n) is 8.03. The molecule has 4 rings (SSSR count). The Kier molecular flexibility index (Phi) is 3.48. The van der Waals surface area contributed by atoms with E-state index in [2.05, 4.69) is 15.5 Å². The van der Waals surface area contributed by atoms with Crippen molar-refractivity contribution in [1.82, 2.24) is 15.5 Å². The van der Waals surface area contributed by atoms with E-state index in [-0.39, 0.29) is 0 Å². The van der Waals surface area contributed by atoms with Gasteiger partial charge in [-0.25, -0.2) is 0 Å². The molecule has 3 aliphatic rings. The van der Waals surface area contributed by atoms with E-state index in [0.717, 1.165) is 43.6 Å². The van der Waals surface area contributed by atoms with Gasteiger partial charge in [0.2, 0.25) is 0 Å². The third kappa shape index (κ3) is 2.49. The van der Waals surface area contributed by atoms with Crippen molar-refractivity contribution >= 4 is 0 Å². The number of aromatic nitrogens is 2. The quantitative estimate of drug-likeness (QED) is 0.914. The summed E-state index contributed by atoms with van der Waals surface area (Å²) in [6, 6.07) is 0. The number of ether oxygens (including phenoxy) is 1. The van der Waals surface area contributed by atoms with Gasteiger partial charge >= 0.3 is 0 Å². The van der Waals surface area contributed by atoms with E-state index in [1.54, 1.807) is 0 Å². The standard InChI is InChI=1S/C15H23N3O2/c1-2-11-7-10(1)8-13(11)15-17-14(20-18-15)9-19-12-3-5-16-6-4-12/h10-13,16H,1-9H2. The predicted octanol–water partition coefficient (Wildman–Crippen LogP) is 2.24. The smallest absolute Gasteiger partial charge is 0.252 e. The van der Waals surface area contributed by atoms with Gasteiger partial charge in [0.15, 0.2) is 5.82 Å². The van der Waals surface area contributed by atoms with Gasteiger partial charge in [0.25, 0.3) is 5.89 Å². The zero-order chi connectivity index (χ0) is 13.4. The first kappa shape index (κ1) is 12.8. The van der Waals surface area contributed by atoms with Crippen molar-refractivity contribution < 1.29 is 9.26 Å². The molecule has 1 saturated heterocycles. The minimum absolute atomic E-state index is 0.342. The molecular weight excluding hydrogens is 254 g/mol. The lowest BCUT2D eigenvalue weighted by molar-refractivity contribution is 0.00859. The average Bonchev–Trinajstić information content (AvgIpc) is 3.22. The number of nitrogens with zero attached hydrogens (tertiary/aromatic N) is 2. The first-order valence-corrected chi connectivity index (χ1v) is 8.03. The Morgan fingerprint density at radius 3 is 2.80 bits per heavy atom. The first-order chi connectivity index (χ1) is 9.88. The van der Waals surface area contributed by atoms with Crippen LogP contribution in [0.3, 0.4) is 0 Å². The Hall–Kier alpha value is -0.940. The fourth-order valence-corrected chi connectivity index (χ4v) is 4.19. The molecule has 1 aliphatic heterocycles. The topological polar surface area (TPSA) is 60.2 Å². The molecule has 110 valence electrons. The molecule has 3 atom stereocenters. The second-order valence-corrected chi connectivity index (χ2v) is 6.59. The highest BCUT2D eigenvalue weighted by atomic mass is 16.5. The van der Waals surface area contributed by atoms with Gasteiger partial charge in [-0.2, -0.15) is 4.98 Å². The molecule has 3 unspecified atom stereocenters. The molecule has 5 heteroatoms. The minimum atomic E-state index is 0.342. The summed E-state index contributed by atoms with van der Waals surface area (Å²) in [5, 5.41) is 7.54. The van der Waals surface area contributed by atoms with E-state index < -0.39 is 0 Å². The number of fused-ring (bicyclic) bond motifs is 2. The van der Waals surface area contributed by atoms with Gasteiger partial charge in [-0.1, -0.05) is 11.6 Å². The third-order valence-corrected chi connectivity index (χ3v) is 5.28. The fraction of sp³-hybridized carbons (Fsp3) is 0.867. The van der Waals surface area contributed by atoms with Crippen molar-refractivity contribution in [2.75, 3.05) is 13.1 Å². The van der Waals surface area contributed by atoms with Crippen LogP contribution in [-0.2, 0) is 11.3 Å². The molecule has 1 aromatic heterocycles. The van der Waals surface area contributed by atoms with Gasteiger partial charge in [-0.15, -0.1) is 0 Å². The van der Waals surface area contributed by atoms with E-state index in [1.165, 1.54) is 25.7 Å². The Morgan fingerprint density at radius 2 is 2.05 bits per heavy atom. The predicted molar refractivity (Wildman–Crippen MR) is 73.2 cm³/mol. The van der Waals surface area contributed by atoms with Crippen LogP contribution in [0.4, 0.5) is 0 Å². The zero-order valence-electron chi connectivity index (χ0n) is 11.9. The Balaban J connectivity index is 1.33. The lowest BCUT2D eigenvalue weighted by atomic mass is 9.88. The second kappa shape index (κ2) is 5.45. The summed E-state index contributed by atoms with van der Waals surface area (Å²) in [7, 11) is 0. The van der Waals surface area contributed by atoms with Crippen LogP contribution in [0.25, 0.3) is 0 Å². The fourth-order valence-electron chi connectivity index (χ4n) is 4.19. The van der Waals surface area contributed by atoms with Crippen molar-refractivity contribution in [2.24, 2.45) is 11.8 Å². The molecule has 2 bridgehead atoms. The Labute approximate surface area is 119 Å². The summed E-state index contributed by atoms with van der Waals surface area (Å²) in [6.45, 7) is 2.56. The Bertz CT molecular complexity index is 456. The summed E-state index contributed by atoms with van der Waals surface area (Å²) in [4.78, 5) is 4.58. The van der Waals surface area contributed by atoms with Gasteiger partial charge in [-0.3, -0.25) is 0 Å². The molecule has 0 amide bonds. The van der Waals surface area contributed by atoms with E-state index in [0.29, 0.717) is 24.5 Å². The summed E-state index contributed by atoms with van der Waals surface area (Å²) >= 11 is 0. The maximum absolute atomic E-state index is 5.87. The molecule has 0 aromatic carbocycles. The molecule has 1 aromatic rings. The van der Waals surface area contributed by atoms with Crippen LogP contribution in [0.5, 0.6) is 0 Å². The molecule has 5 nitrogen and oxygen atoms in total. The van der Waals surface area contributed by atoms with Gasteiger partial charge in [0.1, 0.15) is 6.61 Å². The van der Waals surface area contributed by atoms with Crippen LogP contribution >= 0.6 is 0 Å². The van der Waals surface area contributed by atoms with Gasteiger partial charge in [-0.05, 0) is 57.0 Å². The van der Waals surface area contributed by atoms with Gasteiger partial charge in [0, 0.05) is 5.92 Å². The van der Waals surface area contributed by atoms with Crippen LogP contribution in [0.15, 0.2) is 4.52 Å². The van der Waals surface area contributed by atoms with Gasteiger partial charge < -0.3 is 14.6 Å². The second-order valence-electron chi connectivity index (χ2n) is 6.59. The van der Waals surface area contributed by atoms with Crippen molar-refractivity contribution in [2.45, 2.75) is 57.2 Å². The lowest BCUT2D eigenvalue weighted by Crippen LogP contribution is -2.32. The number of nitrogens with one attached hydrogen (secondary N) is 1. The normalized spacial score (nSPS) is 33.9. The Morgan fingerprint density at radius 1 is 1.15 bits per heavy atom. The highest BCUT2D eigenvalue weighted by Gasteiger charge is 2.42. The van der Waals surface area contributed by atoms with Crippen LogP contribution in [0.1, 0.15) is 56.2 Å². The highest BCUT2D eigenvalue weighted by Crippen LogP contribution is 2.52. The van der Waals surface area contributed by atoms with Crippen molar-refractivity contribution in [3.05, 3.63) is 11.7 Å². The molecule has 1 N–H and O–H groups in total. The number of piperidine rings is 1. The molecule has 3 fully saturated rings. The molecule has 0 spiro atoms. The van der Waals surface area contributed by atoms with Crippen molar-refractivity contribution in [3.63, 3.8) is 0 Å². The number of hydrogen-bond donors (Lipinski definition) is 1. The van der Waals surface area contributed by atoms with Crippen LogP contribution in [0.2, 0.25) is 0 Å². The van der Waals surface area contributed by atoms with E-state index in [4.69, 9.17) is 9.26 Å². The number of hydrogen-bond acceptors (Lipinski definition) is 5. The molecule has 20 heavy (non-hydrogen) atoms. The molecule has 2 saturated carbocycles. The summed E-state index contributed by atoms with van der Waals surface area (Å²) in [5.74, 6) is 3.85. The lowest BCUT2D eigenvalue weighted by Gasteiger charge is -2.22. The van der Waals surface area contributed by atoms with E-state index in [1.807, 2.05) is 0 Å². The largest absolute Gasteiger partial charge is 0.368 e. The molecular formula is C15H23N3O2. The van der Waals surface area contributed by atoms with Crippen LogP contribution in [0, 0.1) is 11.8 Å². The maximum Gasteiger partial charge on any atom is 0.252 e. The van der Waals surface area contributed by atoms with Crippen molar-refractivity contribution in [1.29, 1.82) is 0 Å². The van der Waals surface area contributed by atoms with Gasteiger partial charge in [0.05, 0.1) is 6.10 Å². The highest BCUT2D eigenvalue weighted by molar-refractivity contribution is 5.06. The molecule has 2 aliphatic carbocycles. The molecule has 0 radical (unpaired) electrons. The zero-order valence-corrected chi connectivity index (χ0v) is 11.9. The van der Waals surface area contributed by atoms with Crippen molar-refractivity contribution in [3.8, 4) is 0 Å². The minimum Gasteiger partial charge on any atom is -0.368 e. The summed E-state index contributed by atoms with van der Waals surface area (Å²) in [6.07, 6.45) is 7.89. The summed E-state index contributed by atoms with van der Waals surface area (Å²) < 4.78 is 11.2. The monoisotopic (exact) mass is 277 g/mol. The van der Waals surface area contributed by atoms with E-state index >= 15 is 0 Å². The SMILES string of the molecule is C1CC(OCc2nc(C3CC4CCC3C4)no2)CCN1. The maximum atomic E-state index is 5.87. The van der Waals surface area contributed by atoms with E-state index in [9.17, 15) is 0 Å². The molecule has 2 heterocycles. The summed E-state index contributed by atoms with van der Waals surface area (Å²) in [5.41, 5.74) is 0. The number of rotatable bonds is 4. The van der Waals surface area contributed by atoms with Crippen LogP contribution < -0.4 is 5.32 Å².